The summed E-state index contributed by atoms with van der Waals surface area (Å²) in [6.45, 7) is 7.04. The van der Waals surface area contributed by atoms with Crippen LogP contribution in [0.1, 0.15) is 41.4 Å². The van der Waals surface area contributed by atoms with E-state index >= 15 is 0 Å². The largest absolute Gasteiger partial charge is 0.496 e. The Labute approximate surface area is 209 Å². The van der Waals surface area contributed by atoms with E-state index < -0.39 is 11.6 Å². The highest BCUT2D eigenvalue weighted by Crippen LogP contribution is 2.33. The van der Waals surface area contributed by atoms with E-state index in [1.807, 2.05) is 0 Å². The van der Waals surface area contributed by atoms with Crippen LogP contribution in [0.2, 0.25) is 0 Å². The van der Waals surface area contributed by atoms with Crippen molar-refractivity contribution in [2.75, 3.05) is 31.7 Å². The van der Waals surface area contributed by atoms with Gasteiger partial charge in [0.2, 0.25) is 0 Å². The lowest BCUT2D eigenvalue weighted by Gasteiger charge is -2.35. The Hall–Kier alpha value is -3.65. The molecule has 1 saturated heterocycles. The fourth-order valence-corrected chi connectivity index (χ4v) is 4.59. The van der Waals surface area contributed by atoms with Crippen LogP contribution in [-0.2, 0) is 6.42 Å². The Kier molecular flexibility index (Phi) is 7.74. The number of halogens is 2. The molecule has 0 spiro atoms. The Morgan fingerprint density at radius 3 is 2.78 bits per heavy atom. The molecule has 6 nitrogen and oxygen atoms in total. The SMILES string of the molecule is C=C(C)c1cc(N2CCC[C@H](CO)C2)c(CC(=O)c2ccnc(-c3c(F)cccc3OC)n2)cc1F. The molecule has 1 aliphatic rings. The van der Waals surface area contributed by atoms with Gasteiger partial charge in [-0.2, -0.15) is 0 Å². The number of allylic oxidation sites excluding steroid dienone is 1. The van der Waals surface area contributed by atoms with Gasteiger partial charge in [-0.15, -0.1) is 0 Å². The Bertz CT molecular complexity index is 1300. The molecule has 1 aliphatic heterocycles. The first-order valence-electron chi connectivity index (χ1n) is 11.9. The Balaban J connectivity index is 1.69. The van der Waals surface area contributed by atoms with E-state index in [0.717, 1.165) is 25.1 Å². The zero-order valence-corrected chi connectivity index (χ0v) is 20.4. The second-order valence-corrected chi connectivity index (χ2v) is 9.06. The monoisotopic (exact) mass is 493 g/mol. The zero-order chi connectivity index (χ0) is 25.8. The lowest BCUT2D eigenvalue weighted by atomic mass is 9.94. The van der Waals surface area contributed by atoms with E-state index in [9.17, 15) is 18.7 Å². The number of hydrogen-bond acceptors (Lipinski definition) is 6. The molecular formula is C28H29F2N3O3. The predicted octanol–water partition coefficient (Wildman–Crippen LogP) is 5.10. The maximum absolute atomic E-state index is 14.9. The van der Waals surface area contributed by atoms with E-state index in [2.05, 4.69) is 21.4 Å². The third kappa shape index (κ3) is 5.28. The van der Waals surface area contributed by atoms with Crippen LogP contribution < -0.4 is 9.64 Å². The number of Topliss-reactive ketones (excluding diaryl/α,β-unsaturated/α-hetero) is 1. The minimum absolute atomic E-state index is 0.0293. The van der Waals surface area contributed by atoms with Crippen LogP contribution in [0.4, 0.5) is 14.5 Å². The highest BCUT2D eigenvalue weighted by Gasteiger charge is 2.25. The molecule has 4 rings (SSSR count). The van der Waals surface area contributed by atoms with Crippen LogP contribution in [0.5, 0.6) is 5.75 Å². The maximum atomic E-state index is 14.9. The first-order valence-corrected chi connectivity index (χ1v) is 11.9. The third-order valence-electron chi connectivity index (χ3n) is 6.46. The molecule has 1 aromatic heterocycles. The number of aliphatic hydroxyl groups is 1. The fourth-order valence-electron chi connectivity index (χ4n) is 4.59. The summed E-state index contributed by atoms with van der Waals surface area (Å²) in [6, 6.07) is 8.94. The first-order chi connectivity index (χ1) is 17.3. The zero-order valence-electron chi connectivity index (χ0n) is 20.4. The van der Waals surface area contributed by atoms with Gasteiger partial charge in [0.25, 0.3) is 0 Å². The Morgan fingerprint density at radius 2 is 2.06 bits per heavy atom. The average Bonchev–Trinajstić information content (AvgIpc) is 2.88. The minimum Gasteiger partial charge on any atom is -0.496 e. The molecule has 0 amide bonds. The number of aliphatic hydroxyl groups excluding tert-OH is 1. The molecule has 2 aromatic carbocycles. The highest BCUT2D eigenvalue weighted by atomic mass is 19.1. The van der Waals surface area contributed by atoms with Crippen molar-refractivity contribution in [3.05, 3.63) is 77.6 Å². The molecule has 2 heterocycles. The van der Waals surface area contributed by atoms with Crippen molar-refractivity contribution < 1.29 is 23.4 Å². The second-order valence-electron chi connectivity index (χ2n) is 9.06. The molecule has 1 atom stereocenters. The van der Waals surface area contributed by atoms with Crippen LogP contribution >= 0.6 is 0 Å². The first kappa shape index (κ1) is 25.4. The number of benzene rings is 2. The number of methoxy groups -OCH3 is 1. The van der Waals surface area contributed by atoms with Gasteiger partial charge in [0.15, 0.2) is 11.6 Å². The summed E-state index contributed by atoms with van der Waals surface area (Å²) >= 11 is 0. The summed E-state index contributed by atoms with van der Waals surface area (Å²) in [4.78, 5) is 23.8. The fraction of sp³-hybridized carbons (Fsp3) is 0.321. The number of hydrogen-bond donors (Lipinski definition) is 1. The summed E-state index contributed by atoms with van der Waals surface area (Å²) in [5, 5.41) is 9.68. The van der Waals surface area contributed by atoms with Crippen molar-refractivity contribution in [1.82, 2.24) is 9.97 Å². The van der Waals surface area contributed by atoms with Gasteiger partial charge in [-0.3, -0.25) is 4.79 Å². The second kappa shape index (κ2) is 11.0. The number of ether oxygens (including phenoxy) is 1. The number of carbonyl (C=O) groups is 1. The molecular weight excluding hydrogens is 464 g/mol. The molecule has 3 aromatic rings. The van der Waals surface area contributed by atoms with E-state index in [4.69, 9.17) is 4.74 Å². The number of aromatic nitrogens is 2. The predicted molar refractivity (Wildman–Crippen MR) is 135 cm³/mol. The highest BCUT2D eigenvalue weighted by molar-refractivity contribution is 5.97. The number of ketones is 1. The van der Waals surface area contributed by atoms with Crippen molar-refractivity contribution in [3.8, 4) is 17.1 Å². The number of rotatable bonds is 8. The molecule has 1 N–H and O–H groups in total. The van der Waals surface area contributed by atoms with Gasteiger partial charge in [-0.05, 0) is 67.2 Å². The van der Waals surface area contributed by atoms with Crippen LogP contribution in [0, 0.1) is 17.6 Å². The van der Waals surface area contributed by atoms with Crippen molar-refractivity contribution in [2.24, 2.45) is 5.92 Å². The van der Waals surface area contributed by atoms with Crippen LogP contribution in [-0.4, -0.2) is 47.7 Å². The maximum Gasteiger partial charge on any atom is 0.185 e. The van der Waals surface area contributed by atoms with Crippen molar-refractivity contribution >= 4 is 17.0 Å². The summed E-state index contributed by atoms with van der Waals surface area (Å²) in [5.74, 6) is -0.981. The third-order valence-corrected chi connectivity index (χ3v) is 6.46. The van der Waals surface area contributed by atoms with Gasteiger partial charge in [-0.1, -0.05) is 12.6 Å². The smallest absolute Gasteiger partial charge is 0.185 e. The summed E-state index contributed by atoms with van der Waals surface area (Å²) < 4.78 is 34.7. The number of nitrogens with zero attached hydrogens (tertiary/aromatic N) is 3. The van der Waals surface area contributed by atoms with Gasteiger partial charge in [0.05, 0.1) is 12.7 Å². The van der Waals surface area contributed by atoms with Gasteiger partial charge in [0.1, 0.15) is 23.1 Å². The lowest BCUT2D eigenvalue weighted by Crippen LogP contribution is -2.37. The molecule has 1 fully saturated rings. The average molecular weight is 494 g/mol. The molecule has 36 heavy (non-hydrogen) atoms. The van der Waals surface area contributed by atoms with Crippen molar-refractivity contribution in [1.29, 1.82) is 0 Å². The van der Waals surface area contributed by atoms with Crippen molar-refractivity contribution in [2.45, 2.75) is 26.2 Å². The van der Waals surface area contributed by atoms with E-state index in [-0.39, 0.29) is 47.6 Å². The molecule has 0 saturated carbocycles. The quantitative estimate of drug-likeness (QED) is 0.440. The minimum atomic E-state index is -0.567. The summed E-state index contributed by atoms with van der Waals surface area (Å²) in [6.07, 6.45) is 3.09. The molecule has 0 bridgehead atoms. The van der Waals surface area contributed by atoms with Gasteiger partial charge < -0.3 is 14.7 Å². The normalized spacial score (nSPS) is 15.6. The standard InChI is InChI=1S/C28H29F2N3O3/c1-17(2)20-14-24(33-11-5-6-18(15-33)16-34)19(12-22(20)30)13-25(35)23-9-10-31-28(32-23)27-21(29)7-4-8-26(27)36-3/h4,7-10,12,14,18,34H,1,5-6,11,13,15-16H2,2-3H3/t18-/m0/s1. The number of carbonyl (C=O) groups excluding carboxylic acids is 1. The number of piperidine rings is 1. The van der Waals surface area contributed by atoms with Gasteiger partial charge in [-0.25, -0.2) is 18.7 Å². The van der Waals surface area contributed by atoms with Crippen LogP contribution in [0.25, 0.3) is 17.0 Å². The van der Waals surface area contributed by atoms with E-state index in [1.165, 1.54) is 37.6 Å². The molecule has 0 radical (unpaired) electrons. The van der Waals surface area contributed by atoms with Gasteiger partial charge in [0, 0.05) is 43.6 Å². The van der Waals surface area contributed by atoms with Crippen LogP contribution in [0.15, 0.2) is 49.2 Å². The molecule has 8 heteroatoms. The number of anilines is 1. The van der Waals surface area contributed by atoms with E-state index in [1.54, 1.807) is 19.1 Å². The van der Waals surface area contributed by atoms with Crippen LogP contribution in [0.3, 0.4) is 0 Å². The van der Waals surface area contributed by atoms with Gasteiger partial charge >= 0.3 is 0 Å². The van der Waals surface area contributed by atoms with E-state index in [0.29, 0.717) is 23.2 Å². The molecule has 188 valence electrons. The lowest BCUT2D eigenvalue weighted by molar-refractivity contribution is 0.0988. The Morgan fingerprint density at radius 1 is 1.25 bits per heavy atom. The van der Waals surface area contributed by atoms with Crippen molar-refractivity contribution in [3.63, 3.8) is 0 Å². The topological polar surface area (TPSA) is 75.5 Å². The molecule has 0 unspecified atom stereocenters. The summed E-state index contributed by atoms with van der Waals surface area (Å²) in [5.41, 5.74) is 2.39. The summed E-state index contributed by atoms with van der Waals surface area (Å²) in [7, 11) is 1.42. The molecule has 0 aliphatic carbocycles.